The molecule has 0 saturated carbocycles. The smallest absolute Gasteiger partial charge is 0.0462 e. The van der Waals surface area contributed by atoms with Crippen LogP contribution in [0.5, 0.6) is 0 Å². The third kappa shape index (κ3) is 5.22. The van der Waals surface area contributed by atoms with Crippen LogP contribution >= 0.6 is 0 Å². The molecule has 0 aromatic rings. The number of methoxy groups -OCH3 is 1. The van der Waals surface area contributed by atoms with Gasteiger partial charge in [-0.15, -0.1) is 0 Å². The second kappa shape index (κ2) is 6.62. The van der Waals surface area contributed by atoms with Crippen LogP contribution < -0.4 is 5.32 Å². The maximum atomic E-state index is 4.99. The zero-order valence-corrected chi connectivity index (χ0v) is 8.18. The first-order valence-electron chi connectivity index (χ1n) is 4.38. The second-order valence-electron chi connectivity index (χ2n) is 3.27. The lowest BCUT2D eigenvalue weighted by molar-refractivity contribution is 0.186. The average Bonchev–Trinajstić information content (AvgIpc) is 1.97. The van der Waals surface area contributed by atoms with E-state index in [4.69, 9.17) is 4.74 Å². The third-order valence-corrected chi connectivity index (χ3v) is 2.04. The molecule has 0 aliphatic heterocycles. The summed E-state index contributed by atoms with van der Waals surface area (Å²) in [6, 6.07) is 0.644. The molecule has 0 aromatic carbocycles. The van der Waals surface area contributed by atoms with Crippen LogP contribution in [0.15, 0.2) is 0 Å². The lowest BCUT2D eigenvalue weighted by atomic mass is 10.00. The van der Waals surface area contributed by atoms with E-state index in [1.165, 1.54) is 6.42 Å². The van der Waals surface area contributed by atoms with Crippen molar-refractivity contribution in [2.45, 2.75) is 32.7 Å². The predicted octanol–water partition coefficient (Wildman–Crippen LogP) is 1.66. The number of rotatable bonds is 6. The Kier molecular flexibility index (Phi) is 6.57. The molecule has 0 rings (SSSR count). The van der Waals surface area contributed by atoms with Crippen LogP contribution in [0.3, 0.4) is 0 Å². The van der Waals surface area contributed by atoms with E-state index in [1.807, 2.05) is 7.05 Å². The molecular weight excluding hydrogens is 138 g/mol. The Morgan fingerprint density at radius 2 is 2.00 bits per heavy atom. The molecule has 0 radical (unpaired) electrons. The van der Waals surface area contributed by atoms with Gasteiger partial charge in [0.2, 0.25) is 0 Å². The maximum absolute atomic E-state index is 4.99. The van der Waals surface area contributed by atoms with Gasteiger partial charge in [0, 0.05) is 19.8 Å². The van der Waals surface area contributed by atoms with Crippen LogP contribution in [0.1, 0.15) is 26.7 Å². The Hall–Kier alpha value is -0.0800. The van der Waals surface area contributed by atoms with Crippen LogP contribution in [0.25, 0.3) is 0 Å². The van der Waals surface area contributed by atoms with E-state index in [9.17, 15) is 0 Å². The highest BCUT2D eigenvalue weighted by Crippen LogP contribution is 2.07. The van der Waals surface area contributed by atoms with Gasteiger partial charge in [0.05, 0.1) is 0 Å². The van der Waals surface area contributed by atoms with Gasteiger partial charge < -0.3 is 10.1 Å². The summed E-state index contributed by atoms with van der Waals surface area (Å²) in [6.07, 6.45) is 2.36. The first kappa shape index (κ1) is 10.9. The van der Waals surface area contributed by atoms with Gasteiger partial charge in [-0.05, 0) is 25.8 Å². The summed E-state index contributed by atoms with van der Waals surface area (Å²) in [5, 5.41) is 3.30. The largest absolute Gasteiger partial charge is 0.385 e. The van der Waals surface area contributed by atoms with Crippen LogP contribution in [0, 0.1) is 5.92 Å². The molecule has 68 valence electrons. The summed E-state index contributed by atoms with van der Waals surface area (Å²) >= 11 is 0. The van der Waals surface area contributed by atoms with Crippen molar-refractivity contribution in [2.24, 2.45) is 5.92 Å². The van der Waals surface area contributed by atoms with Crippen LogP contribution in [0.4, 0.5) is 0 Å². The Bertz CT molecular complexity index is 83.6. The van der Waals surface area contributed by atoms with Gasteiger partial charge in [-0.3, -0.25) is 0 Å². The summed E-state index contributed by atoms with van der Waals surface area (Å²) in [5.74, 6) is 0.719. The van der Waals surface area contributed by atoms with Crippen molar-refractivity contribution in [2.75, 3.05) is 20.8 Å². The standard InChI is InChI=1S/C9H21NO/c1-8(2)9(10-3)6-5-7-11-4/h8-10H,5-7H2,1-4H3. The SMILES string of the molecule is CNC(CCCOC)C(C)C. The van der Waals surface area contributed by atoms with Gasteiger partial charge in [-0.1, -0.05) is 13.8 Å². The molecule has 0 aliphatic carbocycles. The Balaban J connectivity index is 3.36. The highest BCUT2D eigenvalue weighted by Gasteiger charge is 2.08. The summed E-state index contributed by atoms with van der Waals surface area (Å²) in [7, 11) is 3.78. The van der Waals surface area contributed by atoms with Crippen molar-refractivity contribution in [1.82, 2.24) is 5.32 Å². The Morgan fingerprint density at radius 1 is 1.36 bits per heavy atom. The normalized spacial score (nSPS) is 13.9. The van der Waals surface area contributed by atoms with Crippen LogP contribution in [0.2, 0.25) is 0 Å². The zero-order valence-electron chi connectivity index (χ0n) is 8.18. The van der Waals surface area contributed by atoms with Crippen molar-refractivity contribution >= 4 is 0 Å². The summed E-state index contributed by atoms with van der Waals surface area (Å²) in [6.45, 7) is 5.37. The van der Waals surface area contributed by atoms with Gasteiger partial charge in [0.1, 0.15) is 0 Å². The van der Waals surface area contributed by atoms with Gasteiger partial charge in [0.25, 0.3) is 0 Å². The van der Waals surface area contributed by atoms with E-state index < -0.39 is 0 Å². The zero-order chi connectivity index (χ0) is 8.69. The predicted molar refractivity (Wildman–Crippen MR) is 48.8 cm³/mol. The Labute approximate surface area is 70.3 Å². The van der Waals surface area contributed by atoms with E-state index >= 15 is 0 Å². The van der Waals surface area contributed by atoms with Crippen molar-refractivity contribution in [3.05, 3.63) is 0 Å². The molecule has 0 aromatic heterocycles. The topological polar surface area (TPSA) is 21.3 Å². The monoisotopic (exact) mass is 159 g/mol. The Morgan fingerprint density at radius 3 is 2.36 bits per heavy atom. The minimum absolute atomic E-state index is 0.644. The van der Waals surface area contributed by atoms with Gasteiger partial charge in [0.15, 0.2) is 0 Å². The molecule has 2 heteroatoms. The molecule has 0 fully saturated rings. The first-order valence-corrected chi connectivity index (χ1v) is 4.38. The lowest BCUT2D eigenvalue weighted by Crippen LogP contribution is -2.30. The van der Waals surface area contributed by atoms with E-state index in [0.29, 0.717) is 6.04 Å². The van der Waals surface area contributed by atoms with Gasteiger partial charge in [-0.2, -0.15) is 0 Å². The molecule has 0 saturated heterocycles. The molecule has 1 atom stereocenters. The third-order valence-electron chi connectivity index (χ3n) is 2.04. The summed E-state index contributed by atoms with van der Waals surface area (Å²) in [5.41, 5.74) is 0. The fourth-order valence-electron chi connectivity index (χ4n) is 1.26. The first-order chi connectivity index (χ1) is 5.22. The van der Waals surface area contributed by atoms with E-state index in [-0.39, 0.29) is 0 Å². The van der Waals surface area contributed by atoms with Crippen molar-refractivity contribution in [1.29, 1.82) is 0 Å². The lowest BCUT2D eigenvalue weighted by Gasteiger charge is -2.19. The molecule has 11 heavy (non-hydrogen) atoms. The molecular formula is C9H21NO. The summed E-state index contributed by atoms with van der Waals surface area (Å²) < 4.78 is 4.99. The number of nitrogens with one attached hydrogen (secondary N) is 1. The van der Waals surface area contributed by atoms with Crippen molar-refractivity contribution < 1.29 is 4.74 Å². The number of hydrogen-bond donors (Lipinski definition) is 1. The van der Waals surface area contributed by atoms with Crippen LogP contribution in [-0.4, -0.2) is 26.8 Å². The highest BCUT2D eigenvalue weighted by molar-refractivity contribution is 4.67. The van der Waals surface area contributed by atoms with E-state index in [0.717, 1.165) is 18.9 Å². The molecule has 1 unspecified atom stereocenters. The summed E-state index contributed by atoms with van der Waals surface area (Å²) in [4.78, 5) is 0. The fraction of sp³-hybridized carbons (Fsp3) is 1.00. The second-order valence-corrected chi connectivity index (χ2v) is 3.27. The van der Waals surface area contributed by atoms with Crippen molar-refractivity contribution in [3.8, 4) is 0 Å². The molecule has 0 aliphatic rings. The average molecular weight is 159 g/mol. The highest BCUT2D eigenvalue weighted by atomic mass is 16.5. The molecule has 0 spiro atoms. The number of hydrogen-bond acceptors (Lipinski definition) is 2. The maximum Gasteiger partial charge on any atom is 0.0462 e. The minimum atomic E-state index is 0.644. The van der Waals surface area contributed by atoms with E-state index in [1.54, 1.807) is 7.11 Å². The van der Waals surface area contributed by atoms with Gasteiger partial charge >= 0.3 is 0 Å². The fourth-order valence-corrected chi connectivity index (χ4v) is 1.26. The minimum Gasteiger partial charge on any atom is -0.385 e. The van der Waals surface area contributed by atoms with Gasteiger partial charge in [-0.25, -0.2) is 0 Å². The van der Waals surface area contributed by atoms with Crippen molar-refractivity contribution in [3.63, 3.8) is 0 Å². The molecule has 2 nitrogen and oxygen atoms in total. The molecule has 0 amide bonds. The quantitative estimate of drug-likeness (QED) is 0.595. The van der Waals surface area contributed by atoms with Crippen LogP contribution in [-0.2, 0) is 4.74 Å². The molecule has 1 N–H and O–H groups in total. The molecule has 0 bridgehead atoms. The van der Waals surface area contributed by atoms with E-state index in [2.05, 4.69) is 19.2 Å². The number of ether oxygens (including phenoxy) is 1. The molecule has 0 heterocycles.